The van der Waals surface area contributed by atoms with E-state index in [2.05, 4.69) is 14.6 Å². The van der Waals surface area contributed by atoms with Crippen molar-refractivity contribution in [2.24, 2.45) is 24.8 Å². The topological polar surface area (TPSA) is 59.8 Å². The zero-order valence-electron chi connectivity index (χ0n) is 19.1. The largest absolute Gasteiger partial charge is 0.573 e. The van der Waals surface area contributed by atoms with Crippen LogP contribution >= 0.6 is 0 Å². The van der Waals surface area contributed by atoms with E-state index in [1.807, 2.05) is 0 Å². The standard InChI is InChI=1S/C24H29F3N4O3/c1-29-14-22(28-15-29)23(32)31(9-16-4-2-5-17(8-16)34-24(25,26)27)13-21-19-11-30(12-20(19)21)10-18-6-3-7-33-18/h2,4-5,8,14-15,18-21H,3,6-7,9-13H2,1H3. The van der Waals surface area contributed by atoms with Crippen LogP contribution in [0.15, 0.2) is 36.8 Å². The first-order chi connectivity index (χ1) is 16.2. The van der Waals surface area contributed by atoms with E-state index in [0.29, 0.717) is 41.7 Å². The number of ether oxygens (including phenoxy) is 2. The maximum absolute atomic E-state index is 13.3. The van der Waals surface area contributed by atoms with E-state index in [9.17, 15) is 18.0 Å². The SMILES string of the molecule is Cn1cnc(C(=O)N(Cc2cccc(OC(F)(F)F)c2)CC2C3CN(CC4CCCO4)CC32)c1. The van der Waals surface area contributed by atoms with Crippen LogP contribution in [0.1, 0.15) is 28.9 Å². The Morgan fingerprint density at radius 2 is 2.09 bits per heavy atom. The Morgan fingerprint density at radius 1 is 1.29 bits per heavy atom. The summed E-state index contributed by atoms with van der Waals surface area (Å²) in [5.41, 5.74) is 0.910. The Balaban J connectivity index is 1.25. The molecule has 3 atom stereocenters. The van der Waals surface area contributed by atoms with Gasteiger partial charge in [0.15, 0.2) is 0 Å². The second kappa shape index (κ2) is 9.22. The van der Waals surface area contributed by atoms with Crippen molar-refractivity contribution >= 4 is 5.91 Å². The molecule has 1 amide bonds. The molecule has 10 heteroatoms. The number of rotatable bonds is 8. The van der Waals surface area contributed by atoms with E-state index in [1.54, 1.807) is 35.1 Å². The third kappa shape index (κ3) is 5.38. The summed E-state index contributed by atoms with van der Waals surface area (Å²) in [6.07, 6.45) is 1.06. The van der Waals surface area contributed by atoms with E-state index in [0.717, 1.165) is 39.1 Å². The molecule has 2 aromatic rings. The monoisotopic (exact) mass is 478 g/mol. The number of carbonyl (C=O) groups is 1. The Hall–Kier alpha value is -2.59. The number of amides is 1. The maximum Gasteiger partial charge on any atom is 0.573 e. The number of fused-ring (bicyclic) bond motifs is 1. The van der Waals surface area contributed by atoms with Crippen LogP contribution in [0.3, 0.4) is 0 Å². The van der Waals surface area contributed by atoms with Crippen molar-refractivity contribution in [3.63, 3.8) is 0 Å². The van der Waals surface area contributed by atoms with Crippen LogP contribution in [-0.4, -0.2) is 70.5 Å². The van der Waals surface area contributed by atoms with Crippen molar-refractivity contribution in [2.75, 3.05) is 32.8 Å². The number of likely N-dealkylation sites (tertiary alicyclic amines) is 1. The smallest absolute Gasteiger partial charge is 0.406 e. The molecule has 0 bridgehead atoms. The molecule has 3 fully saturated rings. The van der Waals surface area contributed by atoms with Gasteiger partial charge in [-0.2, -0.15) is 0 Å². The van der Waals surface area contributed by atoms with Crippen LogP contribution in [0.2, 0.25) is 0 Å². The van der Waals surface area contributed by atoms with E-state index in [4.69, 9.17) is 4.74 Å². The van der Waals surface area contributed by atoms with Crippen LogP contribution in [-0.2, 0) is 18.3 Å². The zero-order chi connectivity index (χ0) is 23.9. The van der Waals surface area contributed by atoms with Crippen LogP contribution in [0.4, 0.5) is 13.2 Å². The lowest BCUT2D eigenvalue weighted by Gasteiger charge is -2.26. The highest BCUT2D eigenvalue weighted by Gasteiger charge is 2.56. The molecule has 1 aliphatic carbocycles. The highest BCUT2D eigenvalue weighted by Crippen LogP contribution is 2.52. The van der Waals surface area contributed by atoms with E-state index >= 15 is 0 Å². The lowest BCUT2D eigenvalue weighted by molar-refractivity contribution is -0.274. The zero-order valence-corrected chi connectivity index (χ0v) is 19.1. The van der Waals surface area contributed by atoms with E-state index in [1.165, 1.54) is 18.2 Å². The molecule has 3 aliphatic rings. The summed E-state index contributed by atoms with van der Waals surface area (Å²) in [5.74, 6) is 0.968. The van der Waals surface area contributed by atoms with Gasteiger partial charge in [-0.05, 0) is 48.3 Å². The normalized spacial score (nSPS) is 26.5. The minimum atomic E-state index is -4.76. The summed E-state index contributed by atoms with van der Waals surface area (Å²) in [4.78, 5) is 21.6. The maximum atomic E-state index is 13.3. The molecule has 3 unspecified atom stereocenters. The number of hydrogen-bond acceptors (Lipinski definition) is 5. The molecular weight excluding hydrogens is 449 g/mol. The number of benzene rings is 1. The highest BCUT2D eigenvalue weighted by atomic mass is 19.4. The van der Waals surface area contributed by atoms with Gasteiger partial charge in [0, 0.05) is 52.6 Å². The molecule has 7 nitrogen and oxygen atoms in total. The van der Waals surface area contributed by atoms with Gasteiger partial charge in [-0.3, -0.25) is 4.79 Å². The van der Waals surface area contributed by atoms with Gasteiger partial charge in [0.2, 0.25) is 0 Å². The minimum Gasteiger partial charge on any atom is -0.406 e. The summed E-state index contributed by atoms with van der Waals surface area (Å²) in [7, 11) is 1.79. The Labute approximate surface area is 196 Å². The van der Waals surface area contributed by atoms with Gasteiger partial charge in [-0.15, -0.1) is 13.2 Å². The van der Waals surface area contributed by atoms with Crippen LogP contribution < -0.4 is 4.74 Å². The van der Waals surface area contributed by atoms with Crippen molar-refractivity contribution < 1.29 is 27.4 Å². The summed E-state index contributed by atoms with van der Waals surface area (Å²) in [6.45, 7) is 4.60. The Bertz CT molecular complexity index is 1010. The van der Waals surface area contributed by atoms with Gasteiger partial charge < -0.3 is 23.8 Å². The summed E-state index contributed by atoms with van der Waals surface area (Å²) >= 11 is 0. The summed E-state index contributed by atoms with van der Waals surface area (Å²) in [5, 5.41) is 0. The van der Waals surface area contributed by atoms with Gasteiger partial charge in [-0.1, -0.05) is 12.1 Å². The first-order valence-corrected chi connectivity index (χ1v) is 11.7. The third-order valence-corrected chi connectivity index (χ3v) is 7.08. The van der Waals surface area contributed by atoms with Crippen LogP contribution in [0.5, 0.6) is 5.75 Å². The van der Waals surface area contributed by atoms with Gasteiger partial charge in [0.1, 0.15) is 11.4 Å². The predicted molar refractivity (Wildman–Crippen MR) is 117 cm³/mol. The van der Waals surface area contributed by atoms with Crippen molar-refractivity contribution in [3.05, 3.63) is 48.0 Å². The van der Waals surface area contributed by atoms with Gasteiger partial charge in [-0.25, -0.2) is 4.98 Å². The fourth-order valence-corrected chi connectivity index (χ4v) is 5.45. The second-order valence-electron chi connectivity index (χ2n) is 9.65. The molecule has 1 aromatic carbocycles. The molecule has 1 saturated carbocycles. The Morgan fingerprint density at radius 3 is 2.74 bits per heavy atom. The quantitative estimate of drug-likeness (QED) is 0.583. The van der Waals surface area contributed by atoms with Crippen molar-refractivity contribution in [3.8, 4) is 5.75 Å². The molecule has 2 saturated heterocycles. The van der Waals surface area contributed by atoms with Gasteiger partial charge in [0.25, 0.3) is 5.91 Å². The van der Waals surface area contributed by atoms with E-state index in [-0.39, 0.29) is 18.2 Å². The summed E-state index contributed by atoms with van der Waals surface area (Å²) < 4.78 is 49.5. The third-order valence-electron chi connectivity index (χ3n) is 7.08. The predicted octanol–water partition coefficient (Wildman–Crippen LogP) is 3.32. The number of alkyl halides is 3. The van der Waals surface area contributed by atoms with Crippen molar-refractivity contribution in [1.29, 1.82) is 0 Å². The first kappa shape index (κ1) is 23.2. The average Bonchev–Trinajstić information content (AvgIpc) is 3.27. The molecule has 1 aromatic heterocycles. The van der Waals surface area contributed by atoms with Gasteiger partial charge >= 0.3 is 6.36 Å². The number of aryl methyl sites for hydroxylation is 1. The molecule has 0 spiro atoms. The Kier molecular flexibility index (Phi) is 6.28. The molecule has 2 aliphatic heterocycles. The number of carbonyl (C=O) groups excluding carboxylic acids is 1. The average molecular weight is 479 g/mol. The molecule has 5 rings (SSSR count). The van der Waals surface area contributed by atoms with Crippen molar-refractivity contribution in [1.82, 2.24) is 19.4 Å². The molecule has 0 radical (unpaired) electrons. The molecule has 3 heterocycles. The van der Waals surface area contributed by atoms with Crippen LogP contribution in [0.25, 0.3) is 0 Å². The second-order valence-corrected chi connectivity index (χ2v) is 9.65. The lowest BCUT2D eigenvalue weighted by atomic mass is 10.1. The fourth-order valence-electron chi connectivity index (χ4n) is 5.45. The van der Waals surface area contributed by atoms with Gasteiger partial charge in [0.05, 0.1) is 12.4 Å². The van der Waals surface area contributed by atoms with Crippen LogP contribution in [0, 0.1) is 17.8 Å². The lowest BCUT2D eigenvalue weighted by Crippen LogP contribution is -2.37. The number of halogens is 3. The minimum absolute atomic E-state index is 0.194. The van der Waals surface area contributed by atoms with E-state index < -0.39 is 6.36 Å². The fraction of sp³-hybridized carbons (Fsp3) is 0.583. The first-order valence-electron chi connectivity index (χ1n) is 11.7. The molecule has 34 heavy (non-hydrogen) atoms. The molecule has 0 N–H and O–H groups in total. The number of nitrogens with zero attached hydrogens (tertiary/aromatic N) is 4. The molecule has 184 valence electrons. The number of hydrogen-bond donors (Lipinski definition) is 0. The number of imidazole rings is 1. The van der Waals surface area contributed by atoms with Crippen molar-refractivity contribution in [2.45, 2.75) is 31.9 Å². The number of aromatic nitrogens is 2. The molecular formula is C24H29F3N4O3. The highest BCUT2D eigenvalue weighted by molar-refractivity contribution is 5.92. The summed E-state index contributed by atoms with van der Waals surface area (Å²) in [6, 6.07) is 5.81. The number of piperidine rings is 1.